The number of benzene rings is 2. The molecule has 0 aliphatic rings. The number of hydrogen-bond donors (Lipinski definition) is 1. The first-order valence-electron chi connectivity index (χ1n) is 10.1. The first-order valence-corrected chi connectivity index (χ1v) is 11.2. The number of rotatable bonds is 6. The van der Waals surface area contributed by atoms with Crippen LogP contribution in [0.15, 0.2) is 36.4 Å². The Morgan fingerprint density at radius 1 is 1.00 bits per heavy atom. The second-order valence-corrected chi connectivity index (χ2v) is 9.36. The van der Waals surface area contributed by atoms with Gasteiger partial charge in [-0.2, -0.15) is 0 Å². The van der Waals surface area contributed by atoms with Gasteiger partial charge in [0.05, 0.1) is 0 Å². The van der Waals surface area contributed by atoms with E-state index in [9.17, 15) is 13.6 Å². The average molecular weight is 417 g/mol. The van der Waals surface area contributed by atoms with Gasteiger partial charge in [0.15, 0.2) is 0 Å². The van der Waals surface area contributed by atoms with E-state index in [-0.39, 0.29) is 17.2 Å². The molecule has 0 radical (unpaired) electrons. The molecule has 0 aliphatic carbocycles. The van der Waals surface area contributed by atoms with Crippen LogP contribution in [0.5, 0.6) is 0 Å². The second kappa shape index (κ2) is 11.9. The molecule has 2 aromatic rings. The van der Waals surface area contributed by atoms with Crippen LogP contribution in [0.25, 0.3) is 0 Å². The Morgan fingerprint density at radius 3 is 2.03 bits per heavy atom. The summed E-state index contributed by atoms with van der Waals surface area (Å²) >= 11 is -1.87. The van der Waals surface area contributed by atoms with Gasteiger partial charge in [-0.05, 0) is 81.3 Å². The van der Waals surface area contributed by atoms with Crippen molar-refractivity contribution >= 4 is 17.0 Å². The summed E-state index contributed by atoms with van der Waals surface area (Å²) < 4.78 is 19.4. The van der Waals surface area contributed by atoms with Gasteiger partial charge in [-0.25, -0.2) is 0 Å². The SMILES string of the molecule is CC(C)S(=O)[O-].Cc1cc(C(=O)NC(C)C)c(C)c(C)c1CCc1ccccc1. The summed E-state index contributed by atoms with van der Waals surface area (Å²) in [5.41, 5.74) is 7.07. The molecule has 4 nitrogen and oxygen atoms in total. The van der Waals surface area contributed by atoms with Crippen LogP contribution in [0, 0.1) is 20.8 Å². The van der Waals surface area contributed by atoms with E-state index in [0.717, 1.165) is 24.0 Å². The number of carbonyl (C=O) groups excluding carboxylic acids is 1. The lowest BCUT2D eigenvalue weighted by Gasteiger charge is -2.17. The monoisotopic (exact) mass is 416 g/mol. The first kappa shape index (κ1) is 25.1. The molecule has 0 saturated heterocycles. The smallest absolute Gasteiger partial charge is 0.251 e. The highest BCUT2D eigenvalue weighted by Crippen LogP contribution is 2.24. The molecule has 2 rings (SSSR count). The average Bonchev–Trinajstić information content (AvgIpc) is 2.65. The molecule has 0 fully saturated rings. The maximum Gasteiger partial charge on any atom is 0.251 e. The van der Waals surface area contributed by atoms with Gasteiger partial charge in [-0.3, -0.25) is 9.00 Å². The quantitative estimate of drug-likeness (QED) is 0.687. The van der Waals surface area contributed by atoms with Crippen molar-refractivity contribution in [2.75, 3.05) is 0 Å². The van der Waals surface area contributed by atoms with Crippen molar-refractivity contribution in [3.05, 3.63) is 69.8 Å². The highest BCUT2D eigenvalue weighted by molar-refractivity contribution is 7.79. The Bertz CT molecular complexity index is 830. The summed E-state index contributed by atoms with van der Waals surface area (Å²) in [7, 11) is 0. The van der Waals surface area contributed by atoms with Crippen LogP contribution < -0.4 is 5.32 Å². The topological polar surface area (TPSA) is 69.2 Å². The molecule has 1 unspecified atom stereocenters. The van der Waals surface area contributed by atoms with E-state index in [4.69, 9.17) is 0 Å². The van der Waals surface area contributed by atoms with Crippen LogP contribution in [0.2, 0.25) is 0 Å². The minimum absolute atomic E-state index is 0.0262. The van der Waals surface area contributed by atoms with Crippen molar-refractivity contribution < 1.29 is 13.6 Å². The van der Waals surface area contributed by atoms with Crippen LogP contribution >= 0.6 is 0 Å². The van der Waals surface area contributed by atoms with Crippen molar-refractivity contribution in [3.8, 4) is 0 Å². The molecule has 2 aromatic carbocycles. The molecule has 160 valence electrons. The highest BCUT2D eigenvalue weighted by atomic mass is 32.2. The number of amides is 1. The Hall–Kier alpha value is -1.98. The van der Waals surface area contributed by atoms with Gasteiger partial charge in [-0.15, -0.1) is 0 Å². The summed E-state index contributed by atoms with van der Waals surface area (Å²) in [5.74, 6) is 0.0262. The molecule has 0 bridgehead atoms. The van der Waals surface area contributed by atoms with Crippen molar-refractivity contribution in [2.45, 2.75) is 72.6 Å². The molecule has 29 heavy (non-hydrogen) atoms. The van der Waals surface area contributed by atoms with E-state index in [1.165, 1.54) is 22.3 Å². The van der Waals surface area contributed by atoms with Gasteiger partial charge in [0.2, 0.25) is 0 Å². The summed E-state index contributed by atoms with van der Waals surface area (Å²) in [6.07, 6.45) is 2.04. The van der Waals surface area contributed by atoms with Gasteiger partial charge >= 0.3 is 0 Å². The molecule has 0 heterocycles. The van der Waals surface area contributed by atoms with E-state index >= 15 is 0 Å². The van der Waals surface area contributed by atoms with Crippen molar-refractivity contribution in [1.29, 1.82) is 0 Å². The Morgan fingerprint density at radius 2 is 1.55 bits per heavy atom. The predicted molar refractivity (Wildman–Crippen MR) is 121 cm³/mol. The largest absolute Gasteiger partial charge is 0.772 e. The van der Waals surface area contributed by atoms with Crippen molar-refractivity contribution in [1.82, 2.24) is 5.32 Å². The Kier molecular flexibility index (Phi) is 10.3. The third kappa shape index (κ3) is 8.11. The Balaban J connectivity index is 0.000000612. The van der Waals surface area contributed by atoms with Gasteiger partial charge in [0.25, 0.3) is 5.91 Å². The van der Waals surface area contributed by atoms with E-state index in [2.05, 4.69) is 50.4 Å². The highest BCUT2D eigenvalue weighted by Gasteiger charge is 2.16. The maximum absolute atomic E-state index is 12.4. The van der Waals surface area contributed by atoms with Crippen LogP contribution in [0.3, 0.4) is 0 Å². The third-order valence-corrected chi connectivity index (χ3v) is 5.58. The van der Waals surface area contributed by atoms with Crippen molar-refractivity contribution in [2.24, 2.45) is 0 Å². The number of carbonyl (C=O) groups is 1. The molecular weight excluding hydrogens is 382 g/mol. The predicted octanol–water partition coefficient (Wildman–Crippen LogP) is 4.81. The molecule has 0 aliphatic heterocycles. The van der Waals surface area contributed by atoms with Gasteiger partial charge < -0.3 is 9.87 Å². The summed E-state index contributed by atoms with van der Waals surface area (Å²) in [5, 5.41) is 2.76. The fraction of sp³-hybridized carbons (Fsp3) is 0.458. The molecule has 0 saturated carbocycles. The fourth-order valence-electron chi connectivity index (χ4n) is 3.01. The molecule has 1 atom stereocenters. The van der Waals surface area contributed by atoms with Gasteiger partial charge in [0, 0.05) is 16.9 Å². The van der Waals surface area contributed by atoms with E-state index in [1.54, 1.807) is 13.8 Å². The van der Waals surface area contributed by atoms with Gasteiger partial charge in [-0.1, -0.05) is 55.3 Å². The minimum Gasteiger partial charge on any atom is -0.772 e. The summed E-state index contributed by atoms with van der Waals surface area (Å²) in [6.45, 7) is 13.5. The van der Waals surface area contributed by atoms with E-state index in [0.29, 0.717) is 0 Å². The zero-order valence-electron chi connectivity index (χ0n) is 18.7. The lowest BCUT2D eigenvalue weighted by molar-refractivity contribution is 0.0942. The second-order valence-electron chi connectivity index (χ2n) is 7.89. The molecular formula is C24H34NO3S-. The van der Waals surface area contributed by atoms with Crippen LogP contribution in [-0.4, -0.2) is 26.0 Å². The summed E-state index contributed by atoms with van der Waals surface area (Å²) in [4.78, 5) is 12.4. The normalized spacial score (nSPS) is 11.8. The fourth-order valence-corrected chi connectivity index (χ4v) is 3.01. The standard InChI is InChI=1S/C21H27NO.C3H8O2S/c1-14(2)22-21(23)20-13-15(3)19(16(4)17(20)5)12-11-18-9-7-6-8-10-18;1-3(2)6(4)5/h6-10,13-14H,11-12H2,1-5H3,(H,22,23);3H,1-2H3,(H,4,5)/p-1. The minimum atomic E-state index is -1.87. The van der Waals surface area contributed by atoms with E-state index < -0.39 is 11.1 Å². The number of hydrogen-bond acceptors (Lipinski definition) is 3. The molecule has 1 amide bonds. The first-order chi connectivity index (χ1) is 13.5. The third-order valence-electron chi connectivity index (χ3n) is 4.81. The van der Waals surface area contributed by atoms with Crippen LogP contribution in [0.4, 0.5) is 0 Å². The van der Waals surface area contributed by atoms with Crippen LogP contribution in [-0.2, 0) is 23.9 Å². The number of nitrogens with one attached hydrogen (secondary N) is 1. The number of aryl methyl sites for hydroxylation is 2. The Labute approximate surface area is 178 Å². The van der Waals surface area contributed by atoms with Crippen LogP contribution in [0.1, 0.15) is 65.9 Å². The van der Waals surface area contributed by atoms with E-state index in [1.807, 2.05) is 26.0 Å². The molecule has 5 heteroatoms. The maximum atomic E-state index is 12.4. The zero-order valence-corrected chi connectivity index (χ0v) is 19.5. The molecule has 1 N–H and O–H groups in total. The van der Waals surface area contributed by atoms with Gasteiger partial charge in [0.1, 0.15) is 0 Å². The lowest BCUT2D eigenvalue weighted by atomic mass is 9.90. The zero-order chi connectivity index (χ0) is 22.1. The molecule has 0 spiro atoms. The summed E-state index contributed by atoms with van der Waals surface area (Å²) in [6, 6.07) is 12.7. The van der Waals surface area contributed by atoms with Crippen molar-refractivity contribution in [3.63, 3.8) is 0 Å². The molecule has 0 aromatic heterocycles. The lowest BCUT2D eigenvalue weighted by Crippen LogP contribution is -2.31.